The molecule has 2 heterocycles. The van der Waals surface area contributed by atoms with Crippen molar-refractivity contribution in [1.82, 2.24) is 15.3 Å². The monoisotopic (exact) mass is 648 g/mol. The Hall–Kier alpha value is -2.91. The highest BCUT2D eigenvalue weighted by molar-refractivity contribution is 9.10. The highest BCUT2D eigenvalue weighted by Crippen LogP contribution is 2.46. The number of hydrogen-bond donors (Lipinski definition) is 2. The van der Waals surface area contributed by atoms with Gasteiger partial charge in [-0.2, -0.15) is 5.09 Å². The number of esters is 1. The van der Waals surface area contributed by atoms with E-state index in [9.17, 15) is 18.9 Å². The Morgan fingerprint density at radius 1 is 1.32 bits per heavy atom. The molecule has 2 saturated heterocycles. The minimum atomic E-state index is -4.27. The summed E-state index contributed by atoms with van der Waals surface area (Å²) in [5.41, 5.74) is 9.12. The lowest BCUT2D eigenvalue weighted by molar-refractivity contribution is -0.152. The fourth-order valence-corrected chi connectivity index (χ4v) is 6.12. The van der Waals surface area contributed by atoms with Crippen molar-refractivity contribution in [2.45, 2.75) is 55.2 Å². The van der Waals surface area contributed by atoms with E-state index < -0.39 is 67.2 Å². The zero-order valence-corrected chi connectivity index (χ0v) is 24.8. The number of carbonyl (C=O) groups excluding carboxylic acids is 3. The van der Waals surface area contributed by atoms with Crippen molar-refractivity contribution < 1.29 is 46.9 Å². The number of nitrogens with one attached hydrogen (secondary N) is 2. The summed E-state index contributed by atoms with van der Waals surface area (Å²) in [6.45, 7) is 2.49. The number of rotatable bonds is 12. The number of nitrogens with zero attached hydrogens (tertiary/aromatic N) is 4. The second-order valence-electron chi connectivity index (χ2n) is 8.90. The number of azide groups is 1. The fraction of sp³-hybridized carbons (Fsp3) is 0.591. The van der Waals surface area contributed by atoms with Crippen LogP contribution in [0.2, 0.25) is 0 Å². The van der Waals surface area contributed by atoms with Gasteiger partial charge < -0.3 is 23.5 Å². The number of urea groups is 1. The van der Waals surface area contributed by atoms with Crippen molar-refractivity contribution in [3.63, 3.8) is 0 Å². The standard InChI is InChI=1S/C22H30BrN6O10P/c1-12(18(30)35-4)27-40(33,39-14-8-6-13(34-3)7-9-14)37-11-16-15(26-28-24)10-17(38-16)29-20(36-5)22(2,23)19(31)25-21(29)32/h6-9,12,15-17,20H,10-11H2,1-5H3,(H,27,33)(H,25,31,32)/t12-,15-,16+,17+,20?,22?,40?/m0/s1. The summed E-state index contributed by atoms with van der Waals surface area (Å²) in [6, 6.07) is 3.39. The molecule has 1 aromatic rings. The van der Waals surface area contributed by atoms with E-state index in [1.807, 2.05) is 0 Å². The second-order valence-corrected chi connectivity index (χ2v) is 12.2. The summed E-state index contributed by atoms with van der Waals surface area (Å²) in [7, 11) is -0.296. The van der Waals surface area contributed by atoms with Crippen LogP contribution in [0.25, 0.3) is 10.4 Å². The average Bonchev–Trinajstić information content (AvgIpc) is 3.31. The van der Waals surface area contributed by atoms with Gasteiger partial charge in [0.25, 0.3) is 0 Å². The van der Waals surface area contributed by atoms with Crippen molar-refractivity contribution in [3.05, 3.63) is 34.7 Å². The molecule has 0 spiro atoms. The van der Waals surface area contributed by atoms with Gasteiger partial charge in [-0.3, -0.25) is 24.3 Å². The van der Waals surface area contributed by atoms with E-state index in [4.69, 9.17) is 28.8 Å². The summed E-state index contributed by atoms with van der Waals surface area (Å²) in [5, 5.41) is 8.49. The van der Waals surface area contributed by atoms with Gasteiger partial charge in [0.15, 0.2) is 6.23 Å². The van der Waals surface area contributed by atoms with Gasteiger partial charge in [0.05, 0.1) is 33.0 Å². The molecule has 2 aliphatic heterocycles. The van der Waals surface area contributed by atoms with Crippen molar-refractivity contribution in [3.8, 4) is 11.5 Å². The molecule has 40 heavy (non-hydrogen) atoms. The predicted molar refractivity (Wildman–Crippen MR) is 142 cm³/mol. The van der Waals surface area contributed by atoms with Crippen LogP contribution in [0, 0.1) is 0 Å². The quantitative estimate of drug-likeness (QED) is 0.0843. The van der Waals surface area contributed by atoms with E-state index in [1.54, 1.807) is 12.1 Å². The Balaban J connectivity index is 1.82. The van der Waals surface area contributed by atoms with Crippen molar-refractivity contribution in [2.75, 3.05) is 27.9 Å². The first kappa shape index (κ1) is 31.6. The van der Waals surface area contributed by atoms with Gasteiger partial charge in [-0.25, -0.2) is 9.36 Å². The normalized spacial score (nSPS) is 28.6. The van der Waals surface area contributed by atoms with E-state index in [0.29, 0.717) is 5.75 Å². The van der Waals surface area contributed by atoms with Gasteiger partial charge in [-0.1, -0.05) is 21.0 Å². The first-order valence-corrected chi connectivity index (χ1v) is 14.2. The number of imide groups is 1. The first-order chi connectivity index (χ1) is 18.9. The van der Waals surface area contributed by atoms with Crippen LogP contribution in [0.4, 0.5) is 4.79 Å². The molecule has 18 heteroatoms. The minimum Gasteiger partial charge on any atom is -0.497 e. The lowest BCUT2D eigenvalue weighted by atomic mass is 10.0. The second kappa shape index (κ2) is 13.2. The number of benzene rings is 1. The highest BCUT2D eigenvalue weighted by atomic mass is 79.9. The van der Waals surface area contributed by atoms with E-state index in [-0.39, 0.29) is 12.2 Å². The topological polar surface area (TPSA) is 200 Å². The van der Waals surface area contributed by atoms with Crippen molar-refractivity contribution in [1.29, 1.82) is 0 Å². The average molecular weight is 649 g/mol. The van der Waals surface area contributed by atoms with Crippen molar-refractivity contribution >= 4 is 41.6 Å². The Morgan fingerprint density at radius 3 is 2.55 bits per heavy atom. The third-order valence-electron chi connectivity index (χ3n) is 6.15. The molecule has 16 nitrogen and oxygen atoms in total. The van der Waals surface area contributed by atoms with Gasteiger partial charge in [0.1, 0.15) is 28.1 Å². The Labute approximate surface area is 238 Å². The Bertz CT molecular complexity index is 1200. The predicted octanol–water partition coefficient (Wildman–Crippen LogP) is 2.82. The number of carbonyl (C=O) groups is 3. The summed E-state index contributed by atoms with van der Waals surface area (Å²) < 4.78 is 44.9. The summed E-state index contributed by atoms with van der Waals surface area (Å²) in [5.74, 6) is -0.661. The zero-order valence-electron chi connectivity index (χ0n) is 22.3. The van der Waals surface area contributed by atoms with Crippen LogP contribution in [0.5, 0.6) is 11.5 Å². The zero-order chi connectivity index (χ0) is 29.7. The lowest BCUT2D eigenvalue weighted by Gasteiger charge is -2.44. The first-order valence-electron chi connectivity index (χ1n) is 11.9. The van der Waals surface area contributed by atoms with Crippen LogP contribution in [-0.4, -0.2) is 85.7 Å². The third kappa shape index (κ3) is 7.04. The van der Waals surface area contributed by atoms with Crippen LogP contribution in [0.3, 0.4) is 0 Å². The van der Waals surface area contributed by atoms with Gasteiger partial charge in [-0.05, 0) is 43.6 Å². The van der Waals surface area contributed by atoms with E-state index in [1.165, 1.54) is 52.2 Å². The number of halogens is 1. The minimum absolute atomic E-state index is 0.0122. The Kier molecular flexibility index (Phi) is 10.4. The highest BCUT2D eigenvalue weighted by Gasteiger charge is 2.54. The molecule has 3 rings (SSSR count). The number of ether oxygens (including phenoxy) is 4. The molecule has 2 fully saturated rings. The molecule has 0 bridgehead atoms. The molecule has 2 N–H and O–H groups in total. The van der Waals surface area contributed by atoms with Gasteiger partial charge in [-0.15, -0.1) is 0 Å². The van der Waals surface area contributed by atoms with Gasteiger partial charge >= 0.3 is 19.7 Å². The summed E-state index contributed by atoms with van der Waals surface area (Å²) in [4.78, 5) is 41.1. The summed E-state index contributed by atoms with van der Waals surface area (Å²) >= 11 is 3.30. The number of alkyl halides is 1. The molecular weight excluding hydrogens is 619 g/mol. The van der Waals surface area contributed by atoms with E-state index in [2.05, 4.69) is 41.1 Å². The molecule has 0 aliphatic carbocycles. The van der Waals surface area contributed by atoms with Gasteiger partial charge in [0.2, 0.25) is 5.91 Å². The molecule has 0 radical (unpaired) electrons. The molecule has 0 aromatic heterocycles. The molecule has 3 unspecified atom stereocenters. The largest absolute Gasteiger partial charge is 0.497 e. The van der Waals surface area contributed by atoms with Crippen LogP contribution in [0.15, 0.2) is 29.4 Å². The van der Waals surface area contributed by atoms with Crippen LogP contribution >= 0.6 is 23.7 Å². The maximum Gasteiger partial charge on any atom is 0.459 e. The van der Waals surface area contributed by atoms with Crippen LogP contribution in [-0.2, 0) is 32.9 Å². The molecule has 1 aromatic carbocycles. The number of methoxy groups -OCH3 is 3. The number of amides is 3. The maximum absolute atomic E-state index is 13.8. The maximum atomic E-state index is 13.8. The third-order valence-corrected chi connectivity index (χ3v) is 8.55. The molecule has 2 aliphatic rings. The Morgan fingerprint density at radius 2 is 1.98 bits per heavy atom. The lowest BCUT2D eigenvalue weighted by Crippen LogP contribution is -2.69. The van der Waals surface area contributed by atoms with E-state index in [0.717, 1.165) is 0 Å². The summed E-state index contributed by atoms with van der Waals surface area (Å²) in [6.07, 6.45) is -3.08. The number of hydrogen-bond acceptors (Lipinski definition) is 11. The molecule has 220 valence electrons. The molecule has 3 amide bonds. The SMILES string of the molecule is COC(=O)[C@H](C)NP(=O)(OC[C@H]1O[C@@H](N2C(=O)NC(=O)C(C)(Br)C2OC)C[C@@H]1N=[N+]=[N-])Oc1ccc(OC)cc1. The van der Waals surface area contributed by atoms with Crippen molar-refractivity contribution in [2.24, 2.45) is 5.11 Å². The van der Waals surface area contributed by atoms with E-state index >= 15 is 0 Å². The van der Waals surface area contributed by atoms with Gasteiger partial charge in [0, 0.05) is 18.4 Å². The smallest absolute Gasteiger partial charge is 0.459 e. The molecule has 7 atom stereocenters. The molecule has 0 saturated carbocycles. The fourth-order valence-electron chi connectivity index (χ4n) is 4.11. The van der Waals surface area contributed by atoms with Crippen LogP contribution in [0.1, 0.15) is 20.3 Å². The van der Waals surface area contributed by atoms with Crippen LogP contribution < -0.4 is 19.7 Å². The molecular formula is C22H30BrN6O10P.